The zero-order chi connectivity index (χ0) is 10.8. The SMILES string of the molecule is COc1cnccc1-c1onc(N)c1Br. The number of methoxy groups -OCH3 is 1. The number of anilines is 1. The van der Waals surface area contributed by atoms with Gasteiger partial charge in [-0.2, -0.15) is 0 Å². The average Bonchev–Trinajstić information content (AvgIpc) is 2.60. The summed E-state index contributed by atoms with van der Waals surface area (Å²) >= 11 is 3.29. The van der Waals surface area contributed by atoms with Gasteiger partial charge in [-0.1, -0.05) is 5.16 Å². The van der Waals surface area contributed by atoms with Crippen LogP contribution in [0.1, 0.15) is 0 Å². The van der Waals surface area contributed by atoms with Crippen molar-refractivity contribution in [2.45, 2.75) is 0 Å². The molecule has 2 aromatic heterocycles. The van der Waals surface area contributed by atoms with Gasteiger partial charge >= 0.3 is 0 Å². The van der Waals surface area contributed by atoms with Gasteiger partial charge in [-0.15, -0.1) is 0 Å². The second kappa shape index (κ2) is 3.90. The summed E-state index contributed by atoms with van der Waals surface area (Å²) in [6.45, 7) is 0. The van der Waals surface area contributed by atoms with Crippen LogP contribution >= 0.6 is 15.9 Å². The Morgan fingerprint density at radius 3 is 2.93 bits per heavy atom. The van der Waals surface area contributed by atoms with E-state index in [0.29, 0.717) is 21.8 Å². The van der Waals surface area contributed by atoms with E-state index in [9.17, 15) is 0 Å². The van der Waals surface area contributed by atoms with Crippen LogP contribution in [0.4, 0.5) is 5.82 Å². The molecular weight excluding hydrogens is 262 g/mol. The normalized spacial score (nSPS) is 10.3. The van der Waals surface area contributed by atoms with Crippen LogP contribution in [0.2, 0.25) is 0 Å². The first-order valence-corrected chi connectivity index (χ1v) is 4.92. The van der Waals surface area contributed by atoms with Crippen LogP contribution in [0, 0.1) is 0 Å². The largest absolute Gasteiger partial charge is 0.494 e. The van der Waals surface area contributed by atoms with Gasteiger partial charge in [-0.25, -0.2) is 0 Å². The second-order valence-corrected chi connectivity index (χ2v) is 3.58. The number of ether oxygens (including phenoxy) is 1. The highest BCUT2D eigenvalue weighted by atomic mass is 79.9. The molecule has 78 valence electrons. The van der Waals surface area contributed by atoms with Crippen molar-refractivity contribution in [3.63, 3.8) is 0 Å². The molecule has 0 unspecified atom stereocenters. The molecule has 0 aromatic carbocycles. The standard InChI is InChI=1S/C9H8BrN3O2/c1-14-6-4-12-3-2-5(6)8-7(10)9(11)13-15-8/h2-4H,1H3,(H2,11,13). The van der Waals surface area contributed by atoms with E-state index in [0.717, 1.165) is 5.56 Å². The number of hydrogen-bond donors (Lipinski definition) is 1. The summed E-state index contributed by atoms with van der Waals surface area (Å²) in [6, 6.07) is 1.77. The maximum absolute atomic E-state index is 5.56. The molecular formula is C9H8BrN3O2. The number of pyridine rings is 1. The smallest absolute Gasteiger partial charge is 0.187 e. The predicted molar refractivity (Wildman–Crippen MR) is 58.4 cm³/mol. The van der Waals surface area contributed by atoms with Gasteiger partial charge in [0.05, 0.1) is 18.9 Å². The molecule has 15 heavy (non-hydrogen) atoms. The highest BCUT2D eigenvalue weighted by molar-refractivity contribution is 9.10. The van der Waals surface area contributed by atoms with Crippen LogP contribution in [-0.2, 0) is 0 Å². The lowest BCUT2D eigenvalue weighted by Gasteiger charge is -2.03. The van der Waals surface area contributed by atoms with E-state index in [2.05, 4.69) is 26.1 Å². The molecule has 0 bridgehead atoms. The third kappa shape index (κ3) is 1.68. The van der Waals surface area contributed by atoms with E-state index in [4.69, 9.17) is 15.0 Å². The van der Waals surface area contributed by atoms with E-state index < -0.39 is 0 Å². The van der Waals surface area contributed by atoms with Crippen LogP contribution in [0.15, 0.2) is 27.5 Å². The van der Waals surface area contributed by atoms with E-state index in [-0.39, 0.29) is 0 Å². The molecule has 2 aromatic rings. The van der Waals surface area contributed by atoms with E-state index >= 15 is 0 Å². The molecule has 5 nitrogen and oxygen atoms in total. The van der Waals surface area contributed by atoms with E-state index in [1.165, 1.54) is 0 Å². The Balaban J connectivity index is 2.58. The molecule has 0 aliphatic carbocycles. The van der Waals surface area contributed by atoms with Crippen LogP contribution in [0.25, 0.3) is 11.3 Å². The van der Waals surface area contributed by atoms with Gasteiger partial charge in [0, 0.05) is 6.20 Å². The predicted octanol–water partition coefficient (Wildman–Crippen LogP) is 2.09. The van der Waals surface area contributed by atoms with Crippen LogP contribution in [0.3, 0.4) is 0 Å². The first-order valence-electron chi connectivity index (χ1n) is 4.13. The van der Waals surface area contributed by atoms with Crippen molar-refractivity contribution in [3.8, 4) is 17.1 Å². The third-order valence-corrected chi connectivity index (χ3v) is 2.67. The number of halogens is 1. The molecule has 6 heteroatoms. The average molecular weight is 270 g/mol. The van der Waals surface area contributed by atoms with Crippen LogP contribution in [-0.4, -0.2) is 17.3 Å². The molecule has 2 N–H and O–H groups in total. The molecule has 0 saturated heterocycles. The lowest BCUT2D eigenvalue weighted by atomic mass is 10.2. The maximum Gasteiger partial charge on any atom is 0.187 e. The minimum atomic E-state index is 0.309. The molecule has 2 rings (SSSR count). The second-order valence-electron chi connectivity index (χ2n) is 2.79. The Morgan fingerprint density at radius 1 is 1.53 bits per heavy atom. The minimum absolute atomic E-state index is 0.309. The zero-order valence-corrected chi connectivity index (χ0v) is 9.48. The number of aromatic nitrogens is 2. The van der Waals surface area contributed by atoms with Crippen molar-refractivity contribution in [3.05, 3.63) is 22.9 Å². The van der Waals surface area contributed by atoms with Crippen molar-refractivity contribution in [1.82, 2.24) is 10.1 Å². The number of nitrogen functional groups attached to an aromatic ring is 1. The van der Waals surface area contributed by atoms with Gasteiger partial charge in [0.2, 0.25) is 0 Å². The molecule has 0 saturated carbocycles. The van der Waals surface area contributed by atoms with Crippen molar-refractivity contribution < 1.29 is 9.26 Å². The molecule has 0 fully saturated rings. The first kappa shape index (κ1) is 9.97. The van der Waals surface area contributed by atoms with Gasteiger partial charge in [0.15, 0.2) is 11.6 Å². The summed E-state index contributed by atoms with van der Waals surface area (Å²) in [5, 5.41) is 3.65. The monoisotopic (exact) mass is 269 g/mol. The third-order valence-electron chi connectivity index (χ3n) is 1.91. The van der Waals surface area contributed by atoms with Gasteiger partial charge in [0.25, 0.3) is 0 Å². The lowest BCUT2D eigenvalue weighted by molar-refractivity contribution is 0.405. The first-order chi connectivity index (χ1) is 7.24. The fourth-order valence-electron chi connectivity index (χ4n) is 1.19. The fourth-order valence-corrected chi connectivity index (χ4v) is 1.55. The fraction of sp³-hybridized carbons (Fsp3) is 0.111. The van der Waals surface area contributed by atoms with Gasteiger partial charge < -0.3 is 15.0 Å². The number of hydrogen-bond acceptors (Lipinski definition) is 5. The Labute approximate surface area is 94.4 Å². The summed E-state index contributed by atoms with van der Waals surface area (Å²) in [7, 11) is 1.56. The molecule has 0 aliphatic rings. The molecule has 0 spiro atoms. The highest BCUT2D eigenvalue weighted by Gasteiger charge is 2.16. The molecule has 2 heterocycles. The summed E-state index contributed by atoms with van der Waals surface area (Å²) in [5.74, 6) is 1.45. The maximum atomic E-state index is 5.56. The number of nitrogens with zero attached hydrogens (tertiary/aromatic N) is 2. The Kier molecular flexibility index (Phi) is 2.59. The Hall–Kier alpha value is -1.56. The van der Waals surface area contributed by atoms with E-state index in [1.807, 2.05) is 0 Å². The molecule has 0 aliphatic heterocycles. The quantitative estimate of drug-likeness (QED) is 0.904. The Bertz CT molecular complexity index is 484. The summed E-state index contributed by atoms with van der Waals surface area (Å²) in [6.07, 6.45) is 3.24. The summed E-state index contributed by atoms with van der Waals surface area (Å²) < 4.78 is 10.9. The van der Waals surface area contributed by atoms with Gasteiger partial charge in [0.1, 0.15) is 10.2 Å². The number of nitrogens with two attached hydrogens (primary N) is 1. The van der Waals surface area contributed by atoms with Gasteiger partial charge in [-0.3, -0.25) is 4.98 Å². The Morgan fingerprint density at radius 2 is 2.33 bits per heavy atom. The van der Waals surface area contributed by atoms with Crippen molar-refractivity contribution in [2.24, 2.45) is 0 Å². The zero-order valence-electron chi connectivity index (χ0n) is 7.90. The van der Waals surface area contributed by atoms with Gasteiger partial charge in [-0.05, 0) is 22.0 Å². The highest BCUT2D eigenvalue weighted by Crippen LogP contribution is 2.36. The molecule has 0 radical (unpaired) electrons. The van der Waals surface area contributed by atoms with E-state index in [1.54, 1.807) is 25.6 Å². The topological polar surface area (TPSA) is 74.2 Å². The molecule has 0 atom stereocenters. The summed E-state index contributed by atoms with van der Waals surface area (Å²) in [4.78, 5) is 3.94. The summed E-state index contributed by atoms with van der Waals surface area (Å²) in [5.41, 5.74) is 6.31. The van der Waals surface area contributed by atoms with Crippen molar-refractivity contribution >= 4 is 21.7 Å². The number of rotatable bonds is 2. The van der Waals surface area contributed by atoms with Crippen LogP contribution in [0.5, 0.6) is 5.75 Å². The lowest BCUT2D eigenvalue weighted by Crippen LogP contribution is -1.88. The molecule has 0 amide bonds. The van der Waals surface area contributed by atoms with Crippen molar-refractivity contribution in [1.29, 1.82) is 0 Å². The van der Waals surface area contributed by atoms with Crippen LogP contribution < -0.4 is 10.5 Å². The van der Waals surface area contributed by atoms with Crippen molar-refractivity contribution in [2.75, 3.05) is 12.8 Å². The minimum Gasteiger partial charge on any atom is -0.494 e.